The topological polar surface area (TPSA) is 23.6 Å². The number of piperidine rings is 1. The summed E-state index contributed by atoms with van der Waals surface area (Å²) in [6.45, 7) is 6.37. The molecule has 1 saturated heterocycles. The Morgan fingerprint density at radius 1 is 1.04 bits per heavy atom. The lowest BCUT2D eigenvalue weighted by Gasteiger charge is -2.32. The largest absolute Gasteiger partial charge is 0.312 e. The van der Waals surface area contributed by atoms with Crippen LogP contribution >= 0.6 is 0 Å². The first-order chi connectivity index (χ1) is 12.7. The van der Waals surface area contributed by atoms with E-state index in [0.717, 1.165) is 31.1 Å². The zero-order valence-electron chi connectivity index (χ0n) is 15.7. The molecule has 3 heteroatoms. The van der Waals surface area contributed by atoms with Crippen molar-refractivity contribution in [1.82, 2.24) is 4.90 Å². The van der Waals surface area contributed by atoms with Gasteiger partial charge >= 0.3 is 0 Å². The monoisotopic (exact) mass is 348 g/mol. The highest BCUT2D eigenvalue weighted by molar-refractivity contribution is 6.01. The molecule has 0 bridgehead atoms. The molecule has 2 heterocycles. The fourth-order valence-electron chi connectivity index (χ4n) is 4.34. The Labute approximate surface area is 156 Å². The summed E-state index contributed by atoms with van der Waals surface area (Å²) in [5.74, 6) is 1.01. The van der Waals surface area contributed by atoms with Crippen molar-refractivity contribution >= 4 is 11.6 Å². The van der Waals surface area contributed by atoms with Crippen molar-refractivity contribution in [1.29, 1.82) is 0 Å². The van der Waals surface area contributed by atoms with Crippen LogP contribution in [0.15, 0.2) is 48.5 Å². The van der Waals surface area contributed by atoms with Crippen molar-refractivity contribution in [2.45, 2.75) is 39.2 Å². The number of aryl methyl sites for hydroxylation is 1. The molecule has 0 N–H and O–H groups in total. The zero-order valence-corrected chi connectivity index (χ0v) is 15.7. The zero-order chi connectivity index (χ0) is 17.9. The van der Waals surface area contributed by atoms with Crippen LogP contribution in [0, 0.1) is 12.8 Å². The Bertz CT molecular complexity index is 763. The van der Waals surface area contributed by atoms with E-state index in [1.807, 2.05) is 4.90 Å². The average Bonchev–Trinajstić information content (AvgIpc) is 2.96. The van der Waals surface area contributed by atoms with Gasteiger partial charge in [0.25, 0.3) is 0 Å². The third-order valence-electron chi connectivity index (χ3n) is 5.89. The molecule has 0 aromatic heterocycles. The molecule has 2 aromatic carbocycles. The molecule has 0 saturated carbocycles. The number of nitrogens with zero attached hydrogens (tertiary/aromatic N) is 2. The van der Waals surface area contributed by atoms with Crippen LogP contribution in [0.1, 0.15) is 36.0 Å². The molecule has 3 nitrogen and oxygen atoms in total. The first-order valence-electron chi connectivity index (χ1n) is 9.85. The van der Waals surface area contributed by atoms with Crippen LogP contribution in [0.4, 0.5) is 5.69 Å². The third-order valence-corrected chi connectivity index (χ3v) is 5.89. The second kappa shape index (κ2) is 7.63. The molecular weight excluding hydrogens is 320 g/mol. The number of likely N-dealkylation sites (tertiary alicyclic amines) is 1. The van der Waals surface area contributed by atoms with Gasteiger partial charge in [0.15, 0.2) is 0 Å². The number of hydrogen-bond acceptors (Lipinski definition) is 2. The summed E-state index contributed by atoms with van der Waals surface area (Å²) in [5.41, 5.74) is 4.99. The van der Waals surface area contributed by atoms with Gasteiger partial charge in [0.05, 0.1) is 6.42 Å². The van der Waals surface area contributed by atoms with Crippen LogP contribution < -0.4 is 4.90 Å². The summed E-state index contributed by atoms with van der Waals surface area (Å²) in [5, 5.41) is 0. The molecule has 0 radical (unpaired) electrons. The Morgan fingerprint density at radius 2 is 1.81 bits per heavy atom. The normalized spacial score (nSPS) is 18.3. The second-order valence-electron chi connectivity index (χ2n) is 7.85. The Balaban J connectivity index is 1.27. The van der Waals surface area contributed by atoms with Gasteiger partial charge in [0, 0.05) is 18.8 Å². The molecule has 2 aliphatic heterocycles. The highest BCUT2D eigenvalue weighted by Crippen LogP contribution is 2.31. The van der Waals surface area contributed by atoms with Gasteiger partial charge in [-0.05, 0) is 62.4 Å². The highest BCUT2D eigenvalue weighted by atomic mass is 16.2. The number of benzene rings is 2. The number of carbonyl (C=O) groups is 1. The van der Waals surface area contributed by atoms with Gasteiger partial charge < -0.3 is 4.90 Å². The lowest BCUT2D eigenvalue weighted by Crippen LogP contribution is -2.35. The number of fused-ring (bicyclic) bond motifs is 1. The van der Waals surface area contributed by atoms with Crippen molar-refractivity contribution < 1.29 is 4.79 Å². The van der Waals surface area contributed by atoms with Gasteiger partial charge in [0.1, 0.15) is 0 Å². The van der Waals surface area contributed by atoms with Gasteiger partial charge in [-0.25, -0.2) is 0 Å². The Morgan fingerprint density at radius 3 is 2.58 bits per heavy atom. The first-order valence-corrected chi connectivity index (χ1v) is 9.85. The number of anilines is 1. The third kappa shape index (κ3) is 3.83. The number of hydrogen-bond donors (Lipinski definition) is 0. The molecule has 2 aliphatic rings. The van der Waals surface area contributed by atoms with E-state index in [9.17, 15) is 4.79 Å². The SMILES string of the molecule is Cc1ccc2c(c1)CC(=O)N2CCC1CCN(Cc2ccccc2)CC1. The van der Waals surface area contributed by atoms with Crippen molar-refractivity contribution in [3.05, 3.63) is 65.2 Å². The van der Waals surface area contributed by atoms with Crippen molar-refractivity contribution in [3.63, 3.8) is 0 Å². The summed E-state index contributed by atoms with van der Waals surface area (Å²) < 4.78 is 0. The van der Waals surface area contributed by atoms with Crippen LogP contribution in [0.2, 0.25) is 0 Å². The van der Waals surface area contributed by atoms with E-state index in [1.165, 1.54) is 42.6 Å². The Hall–Kier alpha value is -2.13. The molecule has 0 atom stereocenters. The van der Waals surface area contributed by atoms with Crippen LogP contribution in [-0.2, 0) is 17.8 Å². The van der Waals surface area contributed by atoms with Gasteiger partial charge in [-0.2, -0.15) is 0 Å². The second-order valence-corrected chi connectivity index (χ2v) is 7.85. The lowest BCUT2D eigenvalue weighted by atomic mass is 9.93. The standard InChI is InChI=1S/C23H28N2O/c1-18-7-8-22-21(15-18)16-23(26)25(22)14-11-19-9-12-24(13-10-19)17-20-5-3-2-4-6-20/h2-8,15,19H,9-14,16-17H2,1H3. The summed E-state index contributed by atoms with van der Waals surface area (Å²) in [7, 11) is 0. The fourth-order valence-corrected chi connectivity index (χ4v) is 4.34. The van der Waals surface area contributed by atoms with Crippen molar-refractivity contribution in [3.8, 4) is 0 Å². The molecule has 1 fully saturated rings. The predicted molar refractivity (Wildman–Crippen MR) is 106 cm³/mol. The molecule has 0 aliphatic carbocycles. The number of amides is 1. The summed E-state index contributed by atoms with van der Waals surface area (Å²) in [4.78, 5) is 17.0. The minimum Gasteiger partial charge on any atom is -0.312 e. The summed E-state index contributed by atoms with van der Waals surface area (Å²) >= 11 is 0. The number of carbonyl (C=O) groups excluding carboxylic acids is 1. The van der Waals surface area contributed by atoms with Crippen molar-refractivity contribution in [2.75, 3.05) is 24.5 Å². The van der Waals surface area contributed by atoms with E-state index in [1.54, 1.807) is 0 Å². The van der Waals surface area contributed by atoms with E-state index in [0.29, 0.717) is 6.42 Å². The van der Waals surface area contributed by atoms with E-state index < -0.39 is 0 Å². The lowest BCUT2D eigenvalue weighted by molar-refractivity contribution is -0.117. The molecule has 1 amide bonds. The molecule has 2 aromatic rings. The number of rotatable bonds is 5. The smallest absolute Gasteiger partial charge is 0.231 e. The molecular formula is C23H28N2O. The average molecular weight is 348 g/mol. The van der Waals surface area contributed by atoms with Gasteiger partial charge in [-0.1, -0.05) is 48.0 Å². The van der Waals surface area contributed by atoms with E-state index in [4.69, 9.17) is 0 Å². The minimum atomic E-state index is 0.270. The minimum absolute atomic E-state index is 0.270. The van der Waals surface area contributed by atoms with Crippen LogP contribution in [-0.4, -0.2) is 30.4 Å². The van der Waals surface area contributed by atoms with E-state index in [2.05, 4.69) is 60.4 Å². The van der Waals surface area contributed by atoms with Crippen molar-refractivity contribution in [2.24, 2.45) is 5.92 Å². The maximum absolute atomic E-state index is 12.4. The maximum Gasteiger partial charge on any atom is 0.231 e. The first kappa shape index (κ1) is 17.3. The van der Waals surface area contributed by atoms with E-state index in [-0.39, 0.29) is 5.91 Å². The Kier molecular flexibility index (Phi) is 5.07. The molecule has 0 unspecified atom stereocenters. The van der Waals surface area contributed by atoms with Crippen LogP contribution in [0.5, 0.6) is 0 Å². The van der Waals surface area contributed by atoms with Gasteiger partial charge in [-0.3, -0.25) is 9.69 Å². The van der Waals surface area contributed by atoms with Crippen LogP contribution in [0.3, 0.4) is 0 Å². The predicted octanol–water partition coefficient (Wildman–Crippen LogP) is 4.19. The van der Waals surface area contributed by atoms with Crippen LogP contribution in [0.25, 0.3) is 0 Å². The molecule has 26 heavy (non-hydrogen) atoms. The maximum atomic E-state index is 12.4. The molecule has 136 valence electrons. The summed E-state index contributed by atoms with van der Waals surface area (Å²) in [6.07, 6.45) is 4.19. The molecule has 4 rings (SSSR count). The van der Waals surface area contributed by atoms with E-state index >= 15 is 0 Å². The summed E-state index contributed by atoms with van der Waals surface area (Å²) in [6, 6.07) is 17.1. The quantitative estimate of drug-likeness (QED) is 0.809. The fraction of sp³-hybridized carbons (Fsp3) is 0.435. The highest BCUT2D eigenvalue weighted by Gasteiger charge is 2.28. The van der Waals surface area contributed by atoms with Gasteiger partial charge in [0.2, 0.25) is 5.91 Å². The molecule has 0 spiro atoms. The van der Waals surface area contributed by atoms with Gasteiger partial charge in [-0.15, -0.1) is 0 Å².